The molecular weight excluding hydrogens is 400 g/mol. The summed E-state index contributed by atoms with van der Waals surface area (Å²) in [6.45, 7) is 1.66. The second-order valence-corrected chi connectivity index (χ2v) is 6.59. The van der Waals surface area contributed by atoms with Gasteiger partial charge in [-0.05, 0) is 36.8 Å². The van der Waals surface area contributed by atoms with Crippen LogP contribution in [-0.2, 0) is 11.3 Å². The first kappa shape index (κ1) is 20.5. The van der Waals surface area contributed by atoms with Gasteiger partial charge in [-0.1, -0.05) is 11.6 Å². The van der Waals surface area contributed by atoms with Gasteiger partial charge in [0.1, 0.15) is 12.2 Å². The highest BCUT2D eigenvalue weighted by Gasteiger charge is 2.18. The Morgan fingerprint density at radius 1 is 1.00 bits per heavy atom. The lowest BCUT2D eigenvalue weighted by Gasteiger charge is -2.14. The monoisotopic (exact) mass is 418 g/mol. The molecule has 3 rings (SSSR count). The lowest BCUT2D eigenvalue weighted by atomic mass is 10.1. The van der Waals surface area contributed by atoms with Crippen LogP contribution in [0.5, 0.6) is 17.2 Å². The van der Waals surface area contributed by atoms with Crippen molar-refractivity contribution in [3.05, 3.63) is 62.5 Å². The molecule has 0 amide bonds. The van der Waals surface area contributed by atoms with Crippen molar-refractivity contribution in [1.29, 1.82) is 0 Å². The highest BCUT2D eigenvalue weighted by Crippen LogP contribution is 2.38. The molecular formula is C21H19ClO7. The molecule has 0 saturated carbocycles. The van der Waals surface area contributed by atoms with Crippen molar-refractivity contribution in [3.8, 4) is 17.2 Å². The fraction of sp³-hybridized carbons (Fsp3) is 0.238. The van der Waals surface area contributed by atoms with Gasteiger partial charge in [-0.3, -0.25) is 0 Å². The standard InChI is InChI=1S/C21H19ClO7/c1-11-5-16-14(9-15(11)22)13(8-19(23)29-16)10-28-21(24)12-6-17(25-2)20(27-4)18(7-12)26-3/h5-9H,10H2,1-4H3. The van der Waals surface area contributed by atoms with E-state index in [0.717, 1.165) is 5.56 Å². The summed E-state index contributed by atoms with van der Waals surface area (Å²) in [6, 6.07) is 7.60. The van der Waals surface area contributed by atoms with Gasteiger partial charge in [0.15, 0.2) is 11.5 Å². The maximum absolute atomic E-state index is 12.6. The van der Waals surface area contributed by atoms with Gasteiger partial charge in [0.25, 0.3) is 0 Å². The third-order valence-electron chi connectivity index (χ3n) is 4.37. The molecule has 8 heteroatoms. The maximum Gasteiger partial charge on any atom is 0.338 e. The number of benzene rings is 2. The number of carbonyl (C=O) groups excluding carboxylic acids is 1. The van der Waals surface area contributed by atoms with Crippen LogP contribution < -0.4 is 19.8 Å². The number of methoxy groups -OCH3 is 3. The molecule has 152 valence electrons. The van der Waals surface area contributed by atoms with E-state index in [2.05, 4.69) is 0 Å². The Balaban J connectivity index is 1.92. The summed E-state index contributed by atoms with van der Waals surface area (Å²) in [5.74, 6) is 0.394. The first-order chi connectivity index (χ1) is 13.9. The smallest absolute Gasteiger partial charge is 0.338 e. The molecule has 0 aliphatic heterocycles. The summed E-state index contributed by atoms with van der Waals surface area (Å²) < 4.78 is 26.4. The Kier molecular flexibility index (Phi) is 5.98. The first-order valence-corrected chi connectivity index (χ1v) is 8.95. The Bertz CT molecular complexity index is 1110. The van der Waals surface area contributed by atoms with Gasteiger partial charge < -0.3 is 23.4 Å². The first-order valence-electron chi connectivity index (χ1n) is 8.58. The van der Waals surface area contributed by atoms with E-state index in [0.29, 0.717) is 38.8 Å². The third kappa shape index (κ3) is 4.14. The summed E-state index contributed by atoms with van der Waals surface area (Å²) in [4.78, 5) is 24.5. The molecule has 0 fully saturated rings. The van der Waals surface area contributed by atoms with Gasteiger partial charge in [-0.15, -0.1) is 0 Å². The summed E-state index contributed by atoms with van der Waals surface area (Å²) in [6.07, 6.45) is 0. The average molecular weight is 419 g/mol. The van der Waals surface area contributed by atoms with Crippen LogP contribution in [0.1, 0.15) is 21.5 Å². The largest absolute Gasteiger partial charge is 0.493 e. The van der Waals surface area contributed by atoms with Crippen molar-refractivity contribution in [2.75, 3.05) is 21.3 Å². The van der Waals surface area contributed by atoms with Crippen LogP contribution in [0.2, 0.25) is 5.02 Å². The molecule has 0 bridgehead atoms. The summed E-state index contributed by atoms with van der Waals surface area (Å²) in [7, 11) is 4.37. The fourth-order valence-corrected chi connectivity index (χ4v) is 3.06. The van der Waals surface area contributed by atoms with Gasteiger partial charge in [-0.2, -0.15) is 0 Å². The maximum atomic E-state index is 12.6. The Hall–Kier alpha value is -3.19. The third-order valence-corrected chi connectivity index (χ3v) is 4.78. The lowest BCUT2D eigenvalue weighted by Crippen LogP contribution is -2.09. The molecule has 0 spiro atoms. The molecule has 0 unspecified atom stereocenters. The predicted molar refractivity (Wildman–Crippen MR) is 107 cm³/mol. The zero-order valence-electron chi connectivity index (χ0n) is 16.3. The highest BCUT2D eigenvalue weighted by atomic mass is 35.5. The van der Waals surface area contributed by atoms with Gasteiger partial charge in [0.2, 0.25) is 5.75 Å². The van der Waals surface area contributed by atoms with Crippen LogP contribution in [0.3, 0.4) is 0 Å². The quantitative estimate of drug-likeness (QED) is 0.439. The summed E-state index contributed by atoms with van der Waals surface area (Å²) >= 11 is 6.19. The van der Waals surface area contributed by atoms with Crippen molar-refractivity contribution >= 4 is 28.5 Å². The topological polar surface area (TPSA) is 84.2 Å². The minimum Gasteiger partial charge on any atom is -0.493 e. The number of hydrogen-bond acceptors (Lipinski definition) is 7. The van der Waals surface area contributed by atoms with E-state index in [9.17, 15) is 9.59 Å². The van der Waals surface area contributed by atoms with E-state index in [4.69, 9.17) is 35.0 Å². The number of esters is 1. The van der Waals surface area contributed by atoms with Gasteiger partial charge in [0.05, 0.1) is 26.9 Å². The van der Waals surface area contributed by atoms with Gasteiger partial charge in [0, 0.05) is 22.0 Å². The second kappa shape index (κ2) is 8.45. The number of aryl methyl sites for hydroxylation is 1. The molecule has 3 aromatic rings. The molecule has 1 aromatic heterocycles. The van der Waals surface area contributed by atoms with Crippen molar-refractivity contribution in [1.82, 2.24) is 0 Å². The van der Waals surface area contributed by atoms with E-state index in [1.54, 1.807) is 19.1 Å². The van der Waals surface area contributed by atoms with Crippen LogP contribution in [0.4, 0.5) is 0 Å². The van der Waals surface area contributed by atoms with E-state index >= 15 is 0 Å². The number of hydrogen-bond donors (Lipinski definition) is 0. The number of fused-ring (bicyclic) bond motifs is 1. The van der Waals surface area contributed by atoms with E-state index in [-0.39, 0.29) is 12.2 Å². The SMILES string of the molecule is COc1cc(C(=O)OCc2cc(=O)oc3cc(C)c(Cl)cc23)cc(OC)c1OC. The number of ether oxygens (including phenoxy) is 4. The van der Waals surface area contributed by atoms with Crippen LogP contribution >= 0.6 is 11.6 Å². The highest BCUT2D eigenvalue weighted by molar-refractivity contribution is 6.32. The van der Waals surface area contributed by atoms with Crippen molar-refractivity contribution in [2.45, 2.75) is 13.5 Å². The van der Waals surface area contributed by atoms with Crippen LogP contribution in [0.25, 0.3) is 11.0 Å². The predicted octanol–water partition coefficient (Wildman–Crippen LogP) is 4.14. The van der Waals surface area contributed by atoms with Gasteiger partial charge in [-0.25, -0.2) is 9.59 Å². The minimum absolute atomic E-state index is 0.142. The van der Waals surface area contributed by atoms with E-state index in [1.165, 1.54) is 39.5 Å². The Labute approximate surface area is 171 Å². The normalized spacial score (nSPS) is 10.7. The average Bonchev–Trinajstić information content (AvgIpc) is 2.71. The molecule has 0 N–H and O–H groups in total. The molecule has 0 radical (unpaired) electrons. The summed E-state index contributed by atoms with van der Waals surface area (Å²) in [5.41, 5.74) is 1.30. The zero-order valence-corrected chi connectivity index (χ0v) is 17.1. The Morgan fingerprint density at radius 3 is 2.24 bits per heavy atom. The van der Waals surface area contributed by atoms with Crippen LogP contribution in [-0.4, -0.2) is 27.3 Å². The zero-order chi connectivity index (χ0) is 21.1. The summed E-state index contributed by atoms with van der Waals surface area (Å²) in [5, 5.41) is 1.11. The van der Waals surface area contributed by atoms with Crippen molar-refractivity contribution in [3.63, 3.8) is 0 Å². The van der Waals surface area contributed by atoms with Crippen LogP contribution in [0.15, 0.2) is 39.5 Å². The number of rotatable bonds is 6. The molecule has 7 nitrogen and oxygen atoms in total. The molecule has 0 aliphatic rings. The number of carbonyl (C=O) groups is 1. The number of halogens is 1. The molecule has 1 heterocycles. The lowest BCUT2D eigenvalue weighted by molar-refractivity contribution is 0.0473. The molecule has 2 aromatic carbocycles. The molecule has 0 atom stereocenters. The van der Waals surface area contributed by atoms with Gasteiger partial charge >= 0.3 is 11.6 Å². The second-order valence-electron chi connectivity index (χ2n) is 6.18. The molecule has 0 aliphatic carbocycles. The van der Waals surface area contributed by atoms with E-state index in [1.807, 2.05) is 0 Å². The van der Waals surface area contributed by atoms with Crippen LogP contribution in [0, 0.1) is 6.92 Å². The van der Waals surface area contributed by atoms with Crippen molar-refractivity contribution < 1.29 is 28.2 Å². The molecule has 29 heavy (non-hydrogen) atoms. The van der Waals surface area contributed by atoms with Crippen molar-refractivity contribution in [2.24, 2.45) is 0 Å². The van der Waals surface area contributed by atoms with E-state index < -0.39 is 11.6 Å². The molecule has 0 saturated heterocycles. The Morgan fingerprint density at radius 2 is 1.66 bits per heavy atom. The minimum atomic E-state index is -0.621. The fourth-order valence-electron chi connectivity index (χ4n) is 2.89.